The number of halogens is 2. The molecule has 0 spiro atoms. The highest BCUT2D eigenvalue weighted by Gasteiger charge is 2.13. The number of imidazole rings is 1. The molecule has 0 aliphatic rings. The first-order valence-electron chi connectivity index (χ1n) is 5.21. The molecule has 0 bridgehead atoms. The topological polar surface area (TPSA) is 56.2 Å². The summed E-state index contributed by atoms with van der Waals surface area (Å²) in [6.45, 7) is 0. The average molecular weight is 246 g/mol. The standard InChI is InChI=1S/C12H8F2N4/c13-8-2-1-3-9(14)11(8)10-5-4-7-6-16-12(15)18(7)17-10/h1-6H,(H2,15,16). The van der Waals surface area contributed by atoms with E-state index in [1.54, 1.807) is 6.07 Å². The molecule has 0 saturated carbocycles. The van der Waals surface area contributed by atoms with E-state index in [4.69, 9.17) is 5.73 Å². The van der Waals surface area contributed by atoms with Crippen LogP contribution in [0, 0.1) is 11.6 Å². The van der Waals surface area contributed by atoms with Crippen molar-refractivity contribution in [3.05, 3.63) is 48.2 Å². The number of anilines is 1. The molecule has 0 aliphatic carbocycles. The summed E-state index contributed by atoms with van der Waals surface area (Å²) in [6, 6.07) is 6.84. The lowest BCUT2D eigenvalue weighted by Crippen LogP contribution is -2.01. The first kappa shape index (κ1) is 10.6. The number of nitrogens with zero attached hydrogens (tertiary/aromatic N) is 3. The van der Waals surface area contributed by atoms with Gasteiger partial charge in [-0.3, -0.25) is 0 Å². The van der Waals surface area contributed by atoms with E-state index in [0.29, 0.717) is 5.52 Å². The van der Waals surface area contributed by atoms with Crippen LogP contribution in [0.3, 0.4) is 0 Å². The lowest BCUT2D eigenvalue weighted by atomic mass is 10.1. The smallest absolute Gasteiger partial charge is 0.221 e. The summed E-state index contributed by atoms with van der Waals surface area (Å²) in [6.07, 6.45) is 1.53. The Balaban J connectivity index is 2.28. The molecule has 2 N–H and O–H groups in total. The zero-order chi connectivity index (χ0) is 12.7. The molecule has 0 amide bonds. The van der Waals surface area contributed by atoms with Crippen molar-refractivity contribution in [1.29, 1.82) is 0 Å². The fourth-order valence-corrected chi connectivity index (χ4v) is 1.78. The third-order valence-corrected chi connectivity index (χ3v) is 2.63. The predicted octanol–water partition coefficient (Wildman–Crippen LogP) is 2.26. The summed E-state index contributed by atoms with van der Waals surface area (Å²) in [5.74, 6) is -1.16. The van der Waals surface area contributed by atoms with Crippen molar-refractivity contribution in [3.8, 4) is 11.3 Å². The van der Waals surface area contributed by atoms with Gasteiger partial charge in [-0.2, -0.15) is 9.61 Å². The van der Waals surface area contributed by atoms with Crippen LogP contribution in [-0.4, -0.2) is 14.6 Å². The zero-order valence-corrected chi connectivity index (χ0v) is 9.14. The average Bonchev–Trinajstić information content (AvgIpc) is 2.71. The largest absolute Gasteiger partial charge is 0.368 e. The maximum absolute atomic E-state index is 13.6. The number of rotatable bonds is 1. The van der Waals surface area contributed by atoms with Gasteiger partial charge in [0.1, 0.15) is 11.6 Å². The zero-order valence-electron chi connectivity index (χ0n) is 9.14. The van der Waals surface area contributed by atoms with Gasteiger partial charge in [0.05, 0.1) is 23.0 Å². The number of aromatic nitrogens is 3. The Morgan fingerprint density at radius 1 is 1.06 bits per heavy atom. The van der Waals surface area contributed by atoms with E-state index in [-0.39, 0.29) is 17.2 Å². The van der Waals surface area contributed by atoms with Crippen molar-refractivity contribution >= 4 is 11.5 Å². The van der Waals surface area contributed by atoms with Crippen LogP contribution >= 0.6 is 0 Å². The minimum absolute atomic E-state index is 0.169. The quantitative estimate of drug-likeness (QED) is 0.716. The van der Waals surface area contributed by atoms with E-state index < -0.39 is 11.6 Å². The van der Waals surface area contributed by atoms with E-state index in [0.717, 1.165) is 0 Å². The van der Waals surface area contributed by atoms with E-state index in [1.807, 2.05) is 0 Å². The van der Waals surface area contributed by atoms with Gasteiger partial charge in [-0.1, -0.05) is 6.07 Å². The van der Waals surface area contributed by atoms with E-state index in [1.165, 1.54) is 35.0 Å². The number of benzene rings is 1. The monoisotopic (exact) mass is 246 g/mol. The van der Waals surface area contributed by atoms with E-state index in [2.05, 4.69) is 10.1 Å². The maximum Gasteiger partial charge on any atom is 0.221 e. The molecule has 0 unspecified atom stereocenters. The van der Waals surface area contributed by atoms with Crippen LogP contribution in [0.25, 0.3) is 16.8 Å². The summed E-state index contributed by atoms with van der Waals surface area (Å²) in [7, 11) is 0. The maximum atomic E-state index is 13.6. The number of hydrogen-bond acceptors (Lipinski definition) is 3. The Kier molecular flexibility index (Phi) is 2.22. The van der Waals surface area contributed by atoms with Gasteiger partial charge in [0.2, 0.25) is 5.95 Å². The summed E-state index contributed by atoms with van der Waals surface area (Å²) in [5, 5.41) is 4.08. The van der Waals surface area contributed by atoms with Crippen molar-refractivity contribution in [3.63, 3.8) is 0 Å². The Hall–Kier alpha value is -2.50. The second-order valence-corrected chi connectivity index (χ2v) is 3.77. The SMILES string of the molecule is Nc1ncc2ccc(-c3c(F)cccc3F)nn12. The third-order valence-electron chi connectivity index (χ3n) is 2.63. The van der Waals surface area contributed by atoms with Gasteiger partial charge >= 0.3 is 0 Å². The highest BCUT2D eigenvalue weighted by atomic mass is 19.1. The van der Waals surface area contributed by atoms with Gasteiger partial charge in [-0.15, -0.1) is 0 Å². The molecule has 2 heterocycles. The molecule has 0 atom stereocenters. The summed E-state index contributed by atoms with van der Waals surface area (Å²) >= 11 is 0. The van der Waals surface area contributed by atoms with E-state index in [9.17, 15) is 8.78 Å². The van der Waals surface area contributed by atoms with Gasteiger partial charge in [0, 0.05) is 0 Å². The molecule has 0 saturated heterocycles. The molecule has 0 radical (unpaired) electrons. The van der Waals surface area contributed by atoms with Crippen LogP contribution in [0.15, 0.2) is 36.5 Å². The minimum atomic E-state index is -0.666. The number of nitrogen functional groups attached to an aromatic ring is 1. The molecule has 90 valence electrons. The first-order valence-corrected chi connectivity index (χ1v) is 5.21. The highest BCUT2D eigenvalue weighted by Crippen LogP contribution is 2.24. The Morgan fingerprint density at radius 2 is 1.78 bits per heavy atom. The van der Waals surface area contributed by atoms with Crippen LogP contribution in [0.1, 0.15) is 0 Å². The second kappa shape index (κ2) is 3.76. The minimum Gasteiger partial charge on any atom is -0.368 e. The Bertz CT molecular complexity index is 716. The molecular formula is C12H8F2N4. The predicted molar refractivity (Wildman–Crippen MR) is 62.8 cm³/mol. The van der Waals surface area contributed by atoms with Crippen molar-refractivity contribution in [1.82, 2.24) is 14.6 Å². The van der Waals surface area contributed by atoms with Crippen molar-refractivity contribution in [2.45, 2.75) is 0 Å². The van der Waals surface area contributed by atoms with E-state index >= 15 is 0 Å². The fourth-order valence-electron chi connectivity index (χ4n) is 1.78. The Labute approximate surface area is 101 Å². The molecule has 4 nitrogen and oxygen atoms in total. The molecule has 3 rings (SSSR count). The second-order valence-electron chi connectivity index (χ2n) is 3.77. The molecular weight excluding hydrogens is 238 g/mol. The van der Waals surface area contributed by atoms with Crippen LogP contribution in [0.4, 0.5) is 14.7 Å². The van der Waals surface area contributed by atoms with Crippen molar-refractivity contribution < 1.29 is 8.78 Å². The molecule has 3 aromatic rings. The van der Waals surface area contributed by atoms with Crippen LogP contribution in [0.5, 0.6) is 0 Å². The van der Waals surface area contributed by atoms with Gasteiger partial charge < -0.3 is 5.73 Å². The number of hydrogen-bond donors (Lipinski definition) is 1. The summed E-state index contributed by atoms with van der Waals surface area (Å²) in [4.78, 5) is 3.87. The molecule has 0 aliphatic heterocycles. The lowest BCUT2D eigenvalue weighted by Gasteiger charge is -2.05. The normalized spacial score (nSPS) is 11.0. The van der Waals surface area contributed by atoms with Crippen LogP contribution in [-0.2, 0) is 0 Å². The molecule has 1 aromatic carbocycles. The van der Waals surface area contributed by atoms with Crippen molar-refractivity contribution in [2.24, 2.45) is 0 Å². The van der Waals surface area contributed by atoms with Gasteiger partial charge in [-0.25, -0.2) is 13.8 Å². The number of fused-ring (bicyclic) bond motifs is 1. The first-order chi connectivity index (χ1) is 8.66. The van der Waals surface area contributed by atoms with Crippen LogP contribution < -0.4 is 5.73 Å². The molecule has 2 aromatic heterocycles. The molecule has 6 heteroatoms. The van der Waals surface area contributed by atoms with Gasteiger partial charge in [0.25, 0.3) is 0 Å². The summed E-state index contributed by atoms with van der Waals surface area (Å²) < 4.78 is 28.6. The van der Waals surface area contributed by atoms with Crippen LogP contribution in [0.2, 0.25) is 0 Å². The number of nitrogens with two attached hydrogens (primary N) is 1. The van der Waals surface area contributed by atoms with Gasteiger partial charge in [-0.05, 0) is 24.3 Å². The van der Waals surface area contributed by atoms with Gasteiger partial charge in [0.15, 0.2) is 0 Å². The fraction of sp³-hybridized carbons (Fsp3) is 0. The molecule has 0 fully saturated rings. The van der Waals surface area contributed by atoms with Crippen molar-refractivity contribution in [2.75, 3.05) is 5.73 Å². The molecule has 18 heavy (non-hydrogen) atoms. The third kappa shape index (κ3) is 1.50. The summed E-state index contributed by atoms with van der Waals surface area (Å²) in [5.41, 5.74) is 6.26. The Morgan fingerprint density at radius 3 is 2.50 bits per heavy atom. The highest BCUT2D eigenvalue weighted by molar-refractivity contribution is 5.63. The lowest BCUT2D eigenvalue weighted by molar-refractivity contribution is 0.588.